The number of hydrogen-bond donors (Lipinski definition) is 1. The first kappa shape index (κ1) is 17.6. The van der Waals surface area contributed by atoms with E-state index in [4.69, 9.17) is 23.7 Å². The molecule has 0 unspecified atom stereocenters. The minimum absolute atomic E-state index is 0.156. The van der Waals surface area contributed by atoms with E-state index in [2.05, 4.69) is 4.98 Å². The molecule has 136 valence electrons. The Morgan fingerprint density at radius 1 is 1.20 bits per heavy atom. The Balaban J connectivity index is 2.16. The van der Waals surface area contributed by atoms with Gasteiger partial charge in [0, 0.05) is 18.9 Å². The molecule has 1 atom stereocenters. The average Bonchev–Trinajstić information content (AvgIpc) is 3.09. The summed E-state index contributed by atoms with van der Waals surface area (Å²) in [4.78, 5) is 4.58. The summed E-state index contributed by atoms with van der Waals surface area (Å²) < 4.78 is 27.4. The van der Waals surface area contributed by atoms with Crippen molar-refractivity contribution in [2.45, 2.75) is 32.0 Å². The van der Waals surface area contributed by atoms with Crippen molar-refractivity contribution in [1.29, 1.82) is 0 Å². The fraction of sp³-hybridized carbons (Fsp3) is 0.500. The van der Waals surface area contributed by atoms with Gasteiger partial charge < -0.3 is 28.8 Å². The van der Waals surface area contributed by atoms with Crippen molar-refractivity contribution in [3.63, 3.8) is 0 Å². The maximum atomic E-state index is 10.6. The molecule has 0 bridgehead atoms. The normalized spacial score (nSPS) is 14.6. The molecule has 7 nitrogen and oxygen atoms in total. The van der Waals surface area contributed by atoms with Crippen LogP contribution in [0, 0.1) is 0 Å². The van der Waals surface area contributed by atoms with Gasteiger partial charge in [0.2, 0.25) is 12.7 Å². The minimum Gasteiger partial charge on any atom is -0.496 e. The Morgan fingerprint density at radius 2 is 1.96 bits per heavy atom. The first-order chi connectivity index (χ1) is 11.9. The molecule has 0 fully saturated rings. The van der Waals surface area contributed by atoms with Gasteiger partial charge in [-0.15, -0.1) is 0 Å². The smallest absolute Gasteiger partial charge is 0.231 e. The van der Waals surface area contributed by atoms with E-state index in [1.165, 1.54) is 7.11 Å². The number of methoxy groups -OCH3 is 3. The van der Waals surface area contributed by atoms with Gasteiger partial charge in [0.25, 0.3) is 0 Å². The summed E-state index contributed by atoms with van der Waals surface area (Å²) in [7, 11) is 4.68. The summed E-state index contributed by atoms with van der Waals surface area (Å²) in [6, 6.07) is 3.69. The molecule has 0 saturated heterocycles. The van der Waals surface area contributed by atoms with Crippen molar-refractivity contribution in [3.8, 4) is 23.1 Å². The molecule has 1 aliphatic heterocycles. The number of benzene rings is 1. The third-order valence-corrected chi connectivity index (χ3v) is 4.63. The Hall–Kier alpha value is -2.25. The van der Waals surface area contributed by atoms with Crippen molar-refractivity contribution in [1.82, 2.24) is 4.98 Å². The van der Waals surface area contributed by atoms with Gasteiger partial charge >= 0.3 is 0 Å². The number of rotatable bonds is 6. The van der Waals surface area contributed by atoms with E-state index in [1.807, 2.05) is 26.0 Å². The number of aliphatic hydroxyl groups is 1. The van der Waals surface area contributed by atoms with Crippen LogP contribution in [0.25, 0.3) is 10.9 Å². The van der Waals surface area contributed by atoms with Crippen LogP contribution in [-0.4, -0.2) is 49.9 Å². The van der Waals surface area contributed by atoms with Gasteiger partial charge in [0.05, 0.1) is 31.5 Å². The van der Waals surface area contributed by atoms with Gasteiger partial charge in [-0.2, -0.15) is 0 Å². The third kappa shape index (κ3) is 2.94. The first-order valence-electron chi connectivity index (χ1n) is 7.99. The van der Waals surface area contributed by atoms with Crippen LogP contribution >= 0.6 is 0 Å². The summed E-state index contributed by atoms with van der Waals surface area (Å²) in [6.45, 7) is 3.80. The highest BCUT2D eigenvalue weighted by Gasteiger charge is 2.31. The number of aliphatic hydroxyl groups excluding tert-OH is 1. The van der Waals surface area contributed by atoms with E-state index in [0.717, 1.165) is 5.39 Å². The second kappa shape index (κ2) is 6.57. The molecule has 0 amide bonds. The van der Waals surface area contributed by atoms with Gasteiger partial charge in [0.1, 0.15) is 11.3 Å². The van der Waals surface area contributed by atoms with E-state index >= 15 is 0 Å². The average molecular weight is 349 g/mol. The summed E-state index contributed by atoms with van der Waals surface area (Å²) >= 11 is 0. The topological polar surface area (TPSA) is 79.3 Å². The molecule has 2 aromatic rings. The molecule has 1 aromatic heterocycles. The Bertz CT molecular complexity index is 789. The fourth-order valence-electron chi connectivity index (χ4n) is 2.84. The molecule has 0 aliphatic carbocycles. The maximum Gasteiger partial charge on any atom is 0.231 e. The SMILES string of the molecule is COc1nc2c3c(ccc2c(OC)c1C[C@@H](O)C(C)(C)OC)OCO3. The molecule has 2 heterocycles. The fourth-order valence-corrected chi connectivity index (χ4v) is 2.84. The lowest BCUT2D eigenvalue weighted by atomic mass is 9.94. The lowest BCUT2D eigenvalue weighted by Crippen LogP contribution is -2.39. The van der Waals surface area contributed by atoms with Crippen LogP contribution in [0.3, 0.4) is 0 Å². The first-order valence-corrected chi connectivity index (χ1v) is 7.99. The molecule has 0 spiro atoms. The van der Waals surface area contributed by atoms with Crippen molar-refractivity contribution >= 4 is 10.9 Å². The van der Waals surface area contributed by atoms with Crippen LogP contribution in [0.2, 0.25) is 0 Å². The lowest BCUT2D eigenvalue weighted by Gasteiger charge is -2.29. The number of pyridine rings is 1. The monoisotopic (exact) mass is 349 g/mol. The quantitative estimate of drug-likeness (QED) is 0.857. The van der Waals surface area contributed by atoms with Crippen molar-refractivity contribution in [2.24, 2.45) is 0 Å². The van der Waals surface area contributed by atoms with Crippen molar-refractivity contribution in [3.05, 3.63) is 17.7 Å². The van der Waals surface area contributed by atoms with Crippen LogP contribution in [0.4, 0.5) is 0 Å². The zero-order valence-corrected chi connectivity index (χ0v) is 15.1. The Labute approximate surface area is 146 Å². The molecule has 1 N–H and O–H groups in total. The highest BCUT2D eigenvalue weighted by molar-refractivity contribution is 5.94. The van der Waals surface area contributed by atoms with Crippen molar-refractivity contribution in [2.75, 3.05) is 28.1 Å². The molecule has 1 aliphatic rings. The largest absolute Gasteiger partial charge is 0.496 e. The number of hydrogen-bond acceptors (Lipinski definition) is 7. The van der Waals surface area contributed by atoms with E-state index < -0.39 is 11.7 Å². The predicted molar refractivity (Wildman–Crippen MR) is 91.8 cm³/mol. The van der Waals surface area contributed by atoms with Gasteiger partial charge in [0.15, 0.2) is 11.5 Å². The van der Waals surface area contributed by atoms with Crippen LogP contribution < -0.4 is 18.9 Å². The Kier molecular flexibility index (Phi) is 4.62. The van der Waals surface area contributed by atoms with E-state index in [-0.39, 0.29) is 13.2 Å². The summed E-state index contributed by atoms with van der Waals surface area (Å²) in [5.74, 6) is 2.17. The minimum atomic E-state index is -0.770. The standard InChI is InChI=1S/C18H23NO6/c1-18(2,23-5)13(20)8-11-15(21-3)10-6-7-12-16(25-9-24-12)14(10)19-17(11)22-4/h6-7,13,20H,8-9H2,1-5H3/t13-/m1/s1. The van der Waals surface area contributed by atoms with Gasteiger partial charge in [-0.25, -0.2) is 4.98 Å². The zero-order chi connectivity index (χ0) is 18.2. The van der Waals surface area contributed by atoms with E-state index in [0.29, 0.717) is 34.2 Å². The van der Waals surface area contributed by atoms with Crippen molar-refractivity contribution < 1.29 is 28.8 Å². The summed E-state index contributed by atoms with van der Waals surface area (Å²) in [6.07, 6.45) is -0.501. The molecule has 1 aromatic carbocycles. The summed E-state index contributed by atoms with van der Waals surface area (Å²) in [5.41, 5.74) is 0.557. The summed E-state index contributed by atoms with van der Waals surface area (Å²) in [5, 5.41) is 11.4. The zero-order valence-electron chi connectivity index (χ0n) is 15.1. The molecule has 7 heteroatoms. The number of nitrogens with zero attached hydrogens (tertiary/aromatic N) is 1. The third-order valence-electron chi connectivity index (χ3n) is 4.63. The maximum absolute atomic E-state index is 10.6. The highest BCUT2D eigenvalue weighted by Crippen LogP contribution is 2.44. The predicted octanol–water partition coefficient (Wildman–Crippen LogP) is 2.31. The van der Waals surface area contributed by atoms with Crippen LogP contribution in [0.15, 0.2) is 12.1 Å². The lowest BCUT2D eigenvalue weighted by molar-refractivity contribution is -0.0767. The van der Waals surface area contributed by atoms with Gasteiger partial charge in [-0.05, 0) is 26.0 Å². The van der Waals surface area contributed by atoms with Gasteiger partial charge in [-0.3, -0.25) is 0 Å². The van der Waals surface area contributed by atoms with E-state index in [9.17, 15) is 5.11 Å². The van der Waals surface area contributed by atoms with Crippen LogP contribution in [-0.2, 0) is 11.2 Å². The molecular weight excluding hydrogens is 326 g/mol. The molecular formula is C18H23NO6. The number of fused-ring (bicyclic) bond motifs is 3. The number of aromatic nitrogens is 1. The second-order valence-electron chi connectivity index (χ2n) is 6.36. The molecule has 0 radical (unpaired) electrons. The van der Waals surface area contributed by atoms with Crippen LogP contribution in [0.1, 0.15) is 19.4 Å². The molecule has 3 rings (SSSR count). The van der Waals surface area contributed by atoms with Crippen LogP contribution in [0.5, 0.6) is 23.1 Å². The second-order valence-corrected chi connectivity index (χ2v) is 6.36. The molecule has 0 saturated carbocycles. The van der Waals surface area contributed by atoms with Gasteiger partial charge in [-0.1, -0.05) is 0 Å². The molecule has 25 heavy (non-hydrogen) atoms. The van der Waals surface area contributed by atoms with E-state index in [1.54, 1.807) is 14.2 Å². The number of ether oxygens (including phenoxy) is 5. The highest BCUT2D eigenvalue weighted by atomic mass is 16.7. The Morgan fingerprint density at radius 3 is 2.60 bits per heavy atom.